The topological polar surface area (TPSA) is 113 Å². The smallest absolute Gasteiger partial charge is 0.319 e. The van der Waals surface area contributed by atoms with Crippen LogP contribution >= 0.6 is 0 Å². The molecule has 204 valence electrons. The number of benzene rings is 1. The lowest BCUT2D eigenvalue weighted by Gasteiger charge is -2.34. The van der Waals surface area contributed by atoms with Crippen LogP contribution in [0.25, 0.3) is 0 Å². The summed E-state index contributed by atoms with van der Waals surface area (Å²) in [6.45, 7) is 14.6. The fraction of sp³-hybridized carbons (Fsp3) is 0.556. The number of hydrogen-bond donors (Lipinski definition) is 3. The first-order valence-corrected chi connectivity index (χ1v) is 14.4. The second-order valence-electron chi connectivity index (χ2n) is 9.79. The summed E-state index contributed by atoms with van der Waals surface area (Å²) in [7, 11) is -1.95. The third kappa shape index (κ3) is 6.80. The second-order valence-corrected chi connectivity index (χ2v) is 11.5. The van der Waals surface area contributed by atoms with E-state index < -0.39 is 10.0 Å². The Morgan fingerprint density at radius 2 is 1.68 bits per heavy atom. The van der Waals surface area contributed by atoms with Gasteiger partial charge in [-0.15, -0.1) is 0 Å². The van der Waals surface area contributed by atoms with Crippen molar-refractivity contribution in [2.75, 3.05) is 45.2 Å². The Hall–Kier alpha value is -2.69. The number of piperidine rings is 1. The number of nitrogens with zero attached hydrogens (tertiary/aromatic N) is 2. The maximum Gasteiger partial charge on any atom is 0.319 e. The van der Waals surface area contributed by atoms with E-state index in [9.17, 15) is 13.2 Å². The summed E-state index contributed by atoms with van der Waals surface area (Å²) < 4.78 is 34.5. The van der Waals surface area contributed by atoms with Crippen LogP contribution in [0, 0.1) is 34.6 Å². The van der Waals surface area contributed by atoms with Gasteiger partial charge >= 0.3 is 6.03 Å². The SMILES string of the molecule is CCNS(=O)(=O)c1c(C)c(C)c(OC)c(C2CCN(CCNC(=O)Nc3cc(C)nc(C)c3)CC2)c1C. The molecular weight excluding hydrogens is 490 g/mol. The van der Waals surface area contributed by atoms with Crippen LogP contribution in [0.4, 0.5) is 10.5 Å². The lowest BCUT2D eigenvalue weighted by Crippen LogP contribution is -2.40. The summed E-state index contributed by atoms with van der Waals surface area (Å²) in [5, 5.41) is 5.80. The number of rotatable bonds is 9. The molecule has 0 spiro atoms. The standard InChI is InChI=1S/C27H41N5O4S/c1-8-29-37(34,35)26-20(5)19(4)25(36-7)24(21(26)6)22-9-12-32(13-10-22)14-11-28-27(33)31-23-15-17(2)30-18(3)16-23/h15-16,22,29H,8-14H2,1-7H3,(H2,28,30,31,33). The molecule has 2 aromatic rings. The zero-order valence-electron chi connectivity index (χ0n) is 23.1. The van der Waals surface area contributed by atoms with E-state index in [4.69, 9.17) is 4.74 Å². The number of nitrogens with one attached hydrogen (secondary N) is 3. The zero-order valence-corrected chi connectivity index (χ0v) is 23.9. The van der Waals surface area contributed by atoms with Gasteiger partial charge in [-0.25, -0.2) is 17.9 Å². The Kier molecular flexibility index (Phi) is 9.55. The van der Waals surface area contributed by atoms with Crippen LogP contribution in [0.5, 0.6) is 5.75 Å². The lowest BCUT2D eigenvalue weighted by molar-refractivity contribution is 0.209. The van der Waals surface area contributed by atoms with Crippen molar-refractivity contribution in [3.63, 3.8) is 0 Å². The number of aryl methyl sites for hydroxylation is 2. The van der Waals surface area contributed by atoms with Gasteiger partial charge < -0.3 is 20.3 Å². The molecule has 1 saturated heterocycles. The van der Waals surface area contributed by atoms with Gasteiger partial charge in [0, 0.05) is 42.3 Å². The summed E-state index contributed by atoms with van der Waals surface area (Å²) in [6.07, 6.45) is 1.78. The van der Waals surface area contributed by atoms with E-state index in [-0.39, 0.29) is 11.9 Å². The molecule has 1 aliphatic heterocycles. The highest BCUT2D eigenvalue weighted by molar-refractivity contribution is 7.89. The van der Waals surface area contributed by atoms with Crippen LogP contribution in [0.1, 0.15) is 59.3 Å². The van der Waals surface area contributed by atoms with E-state index in [0.29, 0.717) is 18.0 Å². The van der Waals surface area contributed by atoms with Gasteiger partial charge in [-0.3, -0.25) is 4.98 Å². The highest BCUT2D eigenvalue weighted by atomic mass is 32.2. The number of carbonyl (C=O) groups excluding carboxylic acids is 1. The van der Waals surface area contributed by atoms with Crippen molar-refractivity contribution in [2.45, 2.75) is 65.2 Å². The number of hydrogen-bond acceptors (Lipinski definition) is 6. The normalized spacial score (nSPS) is 15.0. The summed E-state index contributed by atoms with van der Waals surface area (Å²) in [4.78, 5) is 19.3. The highest BCUT2D eigenvalue weighted by Crippen LogP contribution is 2.42. The summed E-state index contributed by atoms with van der Waals surface area (Å²) in [5.41, 5.74) is 5.84. The third-order valence-corrected chi connectivity index (χ3v) is 8.91. The summed E-state index contributed by atoms with van der Waals surface area (Å²) >= 11 is 0. The number of ether oxygens (including phenoxy) is 1. The molecule has 0 bridgehead atoms. The Bertz CT molecular complexity index is 1220. The molecule has 1 aliphatic rings. The first-order valence-electron chi connectivity index (χ1n) is 12.9. The molecule has 2 heterocycles. The molecule has 2 amide bonds. The zero-order chi connectivity index (χ0) is 27.3. The minimum Gasteiger partial charge on any atom is -0.496 e. The Labute approximate surface area is 221 Å². The number of urea groups is 1. The minimum atomic E-state index is -3.60. The van der Waals surface area contributed by atoms with E-state index >= 15 is 0 Å². The van der Waals surface area contributed by atoms with Crippen LogP contribution in [0.2, 0.25) is 0 Å². The Balaban J connectivity index is 1.63. The second kappa shape index (κ2) is 12.2. The number of anilines is 1. The molecule has 0 aliphatic carbocycles. The predicted molar refractivity (Wildman–Crippen MR) is 147 cm³/mol. The Morgan fingerprint density at radius 1 is 1.05 bits per heavy atom. The van der Waals surface area contributed by atoms with Crippen molar-refractivity contribution in [2.24, 2.45) is 0 Å². The number of amides is 2. The fourth-order valence-electron chi connectivity index (χ4n) is 5.39. The number of likely N-dealkylation sites (tertiary alicyclic amines) is 1. The maximum absolute atomic E-state index is 13.0. The number of carbonyl (C=O) groups is 1. The van der Waals surface area contributed by atoms with Crippen LogP contribution in [0.15, 0.2) is 17.0 Å². The molecule has 9 nitrogen and oxygen atoms in total. The van der Waals surface area contributed by atoms with Crippen LogP contribution < -0.4 is 20.1 Å². The van der Waals surface area contributed by atoms with Gasteiger partial charge in [0.15, 0.2) is 0 Å². The highest BCUT2D eigenvalue weighted by Gasteiger charge is 2.31. The predicted octanol–water partition coefficient (Wildman–Crippen LogP) is 3.93. The van der Waals surface area contributed by atoms with Crippen LogP contribution in [-0.2, 0) is 10.0 Å². The van der Waals surface area contributed by atoms with Crippen molar-refractivity contribution >= 4 is 21.7 Å². The number of methoxy groups -OCH3 is 1. The van der Waals surface area contributed by atoms with Crippen molar-refractivity contribution in [1.82, 2.24) is 19.9 Å². The van der Waals surface area contributed by atoms with E-state index in [1.807, 2.05) is 46.8 Å². The maximum atomic E-state index is 13.0. The average Bonchev–Trinajstić information content (AvgIpc) is 2.81. The van der Waals surface area contributed by atoms with Gasteiger partial charge in [0.25, 0.3) is 0 Å². The number of pyridine rings is 1. The van der Waals surface area contributed by atoms with E-state index in [1.54, 1.807) is 14.0 Å². The summed E-state index contributed by atoms with van der Waals surface area (Å²) in [6, 6.07) is 3.45. The van der Waals surface area contributed by atoms with Gasteiger partial charge in [0.2, 0.25) is 10.0 Å². The molecule has 0 unspecified atom stereocenters. The van der Waals surface area contributed by atoms with Gasteiger partial charge in [0.05, 0.1) is 12.0 Å². The fourth-order valence-corrected chi connectivity index (χ4v) is 6.98. The van der Waals surface area contributed by atoms with Crippen LogP contribution in [0.3, 0.4) is 0 Å². The quantitative estimate of drug-likeness (QED) is 0.452. The molecule has 3 rings (SSSR count). The lowest BCUT2D eigenvalue weighted by atomic mass is 9.84. The first-order chi connectivity index (χ1) is 17.5. The van der Waals surface area contributed by atoms with Crippen molar-refractivity contribution in [1.29, 1.82) is 0 Å². The first kappa shape index (κ1) is 28.9. The van der Waals surface area contributed by atoms with E-state index in [2.05, 4.69) is 25.2 Å². The van der Waals surface area contributed by atoms with Gasteiger partial charge in [-0.05, 0) is 95.3 Å². The van der Waals surface area contributed by atoms with Gasteiger partial charge in [-0.2, -0.15) is 0 Å². The van der Waals surface area contributed by atoms with Gasteiger partial charge in [-0.1, -0.05) is 6.92 Å². The van der Waals surface area contributed by atoms with E-state index in [1.165, 1.54) is 0 Å². The molecular formula is C27H41N5O4S. The minimum absolute atomic E-state index is 0.204. The molecule has 1 aromatic heterocycles. The van der Waals surface area contributed by atoms with Crippen molar-refractivity contribution in [3.8, 4) is 5.75 Å². The molecule has 3 N–H and O–H groups in total. The van der Waals surface area contributed by atoms with Crippen LogP contribution in [-0.4, -0.2) is 64.2 Å². The molecule has 0 saturated carbocycles. The molecule has 10 heteroatoms. The third-order valence-electron chi connectivity index (χ3n) is 7.09. The molecule has 0 radical (unpaired) electrons. The van der Waals surface area contributed by atoms with Gasteiger partial charge in [0.1, 0.15) is 5.75 Å². The Morgan fingerprint density at radius 3 is 2.24 bits per heavy atom. The molecule has 1 fully saturated rings. The largest absolute Gasteiger partial charge is 0.496 e. The number of aromatic nitrogens is 1. The monoisotopic (exact) mass is 531 g/mol. The molecule has 0 atom stereocenters. The van der Waals surface area contributed by atoms with Crippen molar-refractivity contribution < 1.29 is 17.9 Å². The molecule has 1 aromatic carbocycles. The van der Waals surface area contributed by atoms with Crippen molar-refractivity contribution in [3.05, 3.63) is 45.8 Å². The summed E-state index contributed by atoms with van der Waals surface area (Å²) in [5.74, 6) is 0.999. The van der Waals surface area contributed by atoms with E-state index in [0.717, 1.165) is 77.6 Å². The number of sulfonamides is 1. The molecule has 37 heavy (non-hydrogen) atoms. The average molecular weight is 532 g/mol.